The Bertz CT molecular complexity index is 575. The van der Waals surface area contributed by atoms with Crippen molar-refractivity contribution in [1.82, 2.24) is 0 Å². The molecule has 0 saturated heterocycles. The van der Waals surface area contributed by atoms with Crippen LogP contribution in [0, 0.1) is 5.82 Å². The third kappa shape index (κ3) is 2.80. The summed E-state index contributed by atoms with van der Waals surface area (Å²) in [6.07, 6.45) is 0.207. The van der Waals surface area contributed by atoms with Crippen LogP contribution in [0.3, 0.4) is 0 Å². The number of hydrogen-bond donors (Lipinski definition) is 0. The molecule has 88 valence electrons. The quantitative estimate of drug-likeness (QED) is 0.588. The molecule has 0 unspecified atom stereocenters. The molecule has 2 aromatic rings. The molecule has 0 N–H and O–H groups in total. The van der Waals surface area contributed by atoms with Gasteiger partial charge in [0.1, 0.15) is 0 Å². The molecule has 1 nitrogen and oxygen atoms in total. The van der Waals surface area contributed by atoms with E-state index < -0.39 is 5.82 Å². The van der Waals surface area contributed by atoms with Gasteiger partial charge in [0.05, 0.1) is 0 Å². The van der Waals surface area contributed by atoms with Crippen LogP contribution in [0.4, 0.5) is 4.39 Å². The van der Waals surface area contributed by atoms with Gasteiger partial charge in [0, 0.05) is 0 Å². The van der Waals surface area contributed by atoms with Crippen LogP contribution >= 0.6 is 0 Å². The standard InChI is InChI=1S/C15H12BFO/c1-16-12-8-6-11(7-9-12)10-15(18)13-4-2-3-5-14(13)17/h2-9H,1,10H2. The maximum absolute atomic E-state index is 13.4. The van der Waals surface area contributed by atoms with Crippen molar-refractivity contribution in [3.05, 3.63) is 65.5 Å². The molecule has 0 spiro atoms. The first kappa shape index (κ1) is 12.4. The van der Waals surface area contributed by atoms with Crippen LogP contribution in [0.15, 0.2) is 48.5 Å². The Labute approximate surface area is 106 Å². The van der Waals surface area contributed by atoms with Crippen LogP contribution in [0.2, 0.25) is 0 Å². The van der Waals surface area contributed by atoms with Gasteiger partial charge in [0.25, 0.3) is 0 Å². The van der Waals surface area contributed by atoms with Gasteiger partial charge in [-0.05, 0) is 0 Å². The molecular formula is C15H12BFO. The van der Waals surface area contributed by atoms with E-state index in [4.69, 9.17) is 0 Å². The fourth-order valence-corrected chi connectivity index (χ4v) is 1.74. The van der Waals surface area contributed by atoms with E-state index in [-0.39, 0.29) is 17.8 Å². The van der Waals surface area contributed by atoms with Crippen LogP contribution < -0.4 is 5.46 Å². The van der Waals surface area contributed by atoms with Crippen LogP contribution in [-0.4, -0.2) is 19.2 Å². The summed E-state index contributed by atoms with van der Waals surface area (Å²) in [6.45, 7) is 5.40. The minimum atomic E-state index is -0.467. The summed E-state index contributed by atoms with van der Waals surface area (Å²) in [4.78, 5) is 11.9. The molecule has 2 rings (SSSR count). The van der Waals surface area contributed by atoms with Gasteiger partial charge >= 0.3 is 106 Å². The minimum absolute atomic E-state index is 0.144. The predicted molar refractivity (Wildman–Crippen MR) is 73.4 cm³/mol. The van der Waals surface area contributed by atoms with Gasteiger partial charge in [-0.15, -0.1) is 0 Å². The molecule has 0 bridgehead atoms. The summed E-state index contributed by atoms with van der Waals surface area (Å²) in [7, 11) is 0. The van der Waals surface area contributed by atoms with Gasteiger partial charge in [-0.1, -0.05) is 0 Å². The molecule has 18 heavy (non-hydrogen) atoms. The van der Waals surface area contributed by atoms with E-state index in [2.05, 4.69) is 6.47 Å². The topological polar surface area (TPSA) is 17.1 Å². The number of Topliss-reactive ketones (excluding diaryl/α,β-unsaturated/α-hetero) is 1. The SMILES string of the molecule is C=Bc1ccc(CC(=O)c2ccccc2F)cc1. The average molecular weight is 238 g/mol. The fourth-order valence-electron chi connectivity index (χ4n) is 1.74. The van der Waals surface area contributed by atoms with E-state index in [9.17, 15) is 9.18 Å². The third-order valence-electron chi connectivity index (χ3n) is 2.75. The first-order valence-electron chi connectivity index (χ1n) is 5.70. The van der Waals surface area contributed by atoms with Crippen molar-refractivity contribution in [2.45, 2.75) is 6.42 Å². The summed E-state index contributed by atoms with van der Waals surface area (Å²) in [5.41, 5.74) is 2.01. The summed E-state index contributed by atoms with van der Waals surface area (Å²) in [6, 6.07) is 13.5. The van der Waals surface area contributed by atoms with Gasteiger partial charge in [-0.25, -0.2) is 0 Å². The summed E-state index contributed by atoms with van der Waals surface area (Å²) < 4.78 is 13.4. The van der Waals surface area contributed by atoms with E-state index in [1.807, 2.05) is 24.3 Å². The Hall–Kier alpha value is -2.03. The number of carbonyl (C=O) groups is 1. The van der Waals surface area contributed by atoms with Crippen molar-refractivity contribution in [3.63, 3.8) is 0 Å². The number of ketones is 1. The Morgan fingerprint density at radius 1 is 1.11 bits per heavy atom. The number of rotatable bonds is 4. The molecular weight excluding hydrogens is 226 g/mol. The number of carbonyl (C=O) groups excluding carboxylic acids is 1. The second-order valence-corrected chi connectivity index (χ2v) is 4.03. The van der Waals surface area contributed by atoms with E-state index in [1.165, 1.54) is 12.1 Å². The van der Waals surface area contributed by atoms with Gasteiger partial charge in [0.15, 0.2) is 0 Å². The monoisotopic (exact) mass is 238 g/mol. The summed E-state index contributed by atoms with van der Waals surface area (Å²) in [5.74, 6) is -0.676. The van der Waals surface area contributed by atoms with Crippen molar-refractivity contribution in [2.24, 2.45) is 0 Å². The molecule has 3 heteroatoms. The molecule has 0 heterocycles. The van der Waals surface area contributed by atoms with E-state index in [0.717, 1.165) is 11.0 Å². The second kappa shape index (κ2) is 5.54. The van der Waals surface area contributed by atoms with Crippen LogP contribution in [0.25, 0.3) is 0 Å². The van der Waals surface area contributed by atoms with Crippen molar-refractivity contribution >= 4 is 24.6 Å². The normalized spacial score (nSPS) is 9.83. The Balaban J connectivity index is 2.16. The second-order valence-electron chi connectivity index (χ2n) is 4.03. The zero-order chi connectivity index (χ0) is 13.0. The summed E-state index contributed by atoms with van der Waals surface area (Å²) >= 11 is 0. The molecule has 0 radical (unpaired) electrons. The molecule has 0 amide bonds. The fraction of sp³-hybridized carbons (Fsp3) is 0.0667. The third-order valence-corrected chi connectivity index (χ3v) is 2.75. The Kier molecular flexibility index (Phi) is 3.83. The molecule has 0 saturated carbocycles. The Morgan fingerprint density at radius 3 is 2.39 bits per heavy atom. The molecule has 0 aromatic heterocycles. The van der Waals surface area contributed by atoms with Crippen LogP contribution in [0.1, 0.15) is 15.9 Å². The van der Waals surface area contributed by atoms with Gasteiger partial charge in [0.2, 0.25) is 0 Å². The predicted octanol–water partition coefficient (Wildman–Crippen LogP) is 2.01. The first-order chi connectivity index (χ1) is 8.70. The van der Waals surface area contributed by atoms with Gasteiger partial charge in [-0.3, -0.25) is 0 Å². The molecule has 2 aromatic carbocycles. The van der Waals surface area contributed by atoms with Crippen LogP contribution in [0.5, 0.6) is 0 Å². The van der Waals surface area contributed by atoms with Gasteiger partial charge < -0.3 is 0 Å². The van der Waals surface area contributed by atoms with E-state index >= 15 is 0 Å². The number of benzene rings is 2. The van der Waals surface area contributed by atoms with Crippen molar-refractivity contribution in [1.29, 1.82) is 0 Å². The summed E-state index contributed by atoms with van der Waals surface area (Å²) in [5, 5.41) is 0. The molecule has 0 fully saturated rings. The molecule has 0 atom stereocenters. The van der Waals surface area contributed by atoms with Crippen LogP contribution in [-0.2, 0) is 6.42 Å². The van der Waals surface area contributed by atoms with Gasteiger partial charge in [-0.2, -0.15) is 0 Å². The first-order valence-corrected chi connectivity index (χ1v) is 5.70. The van der Waals surface area contributed by atoms with Crippen molar-refractivity contribution in [2.75, 3.05) is 0 Å². The number of halogens is 1. The number of hydrogen-bond acceptors (Lipinski definition) is 1. The molecule has 0 aliphatic rings. The zero-order valence-electron chi connectivity index (χ0n) is 9.90. The van der Waals surface area contributed by atoms with Crippen molar-refractivity contribution in [3.8, 4) is 0 Å². The average Bonchev–Trinajstić information content (AvgIpc) is 2.40. The van der Waals surface area contributed by atoms with Crippen molar-refractivity contribution < 1.29 is 9.18 Å². The Morgan fingerprint density at radius 2 is 1.78 bits per heavy atom. The van der Waals surface area contributed by atoms with E-state index in [1.54, 1.807) is 19.1 Å². The molecule has 0 aliphatic carbocycles. The zero-order valence-corrected chi connectivity index (χ0v) is 9.90. The molecule has 0 aliphatic heterocycles. The maximum atomic E-state index is 13.4. The van der Waals surface area contributed by atoms with E-state index in [0.29, 0.717) is 0 Å².